The maximum atomic E-state index is 13.8. The van der Waals surface area contributed by atoms with Crippen LogP contribution in [0, 0.1) is 29.5 Å². The van der Waals surface area contributed by atoms with Crippen molar-refractivity contribution >= 4 is 11.0 Å². The summed E-state index contributed by atoms with van der Waals surface area (Å²) >= 11 is 0. The number of para-hydroxylation sites is 1. The van der Waals surface area contributed by atoms with Crippen molar-refractivity contribution in [2.24, 2.45) is 23.7 Å². The van der Waals surface area contributed by atoms with Crippen LogP contribution in [0.25, 0.3) is 11.0 Å². The molecule has 0 spiro atoms. The lowest BCUT2D eigenvalue weighted by atomic mass is 9.72. The first-order valence-corrected chi connectivity index (χ1v) is 8.08. The first-order valence-electron chi connectivity index (χ1n) is 8.08. The summed E-state index contributed by atoms with van der Waals surface area (Å²) in [6.07, 6.45) is 5.78. The molecule has 3 aliphatic rings. The third-order valence-corrected chi connectivity index (χ3v) is 6.41. The van der Waals surface area contributed by atoms with E-state index in [-0.39, 0.29) is 11.4 Å². The van der Waals surface area contributed by atoms with Gasteiger partial charge in [-0.25, -0.2) is 4.39 Å². The molecule has 110 valence electrons. The predicted molar refractivity (Wildman–Crippen MR) is 77.1 cm³/mol. The SMILES string of the molecule is OC1(c2cc3cccc(F)c3o2)CC2CC1C1CCCC21. The summed E-state index contributed by atoms with van der Waals surface area (Å²) in [5.74, 6) is 2.64. The molecule has 5 unspecified atom stereocenters. The molecule has 1 N–H and O–H groups in total. The summed E-state index contributed by atoms with van der Waals surface area (Å²) in [6, 6.07) is 6.80. The number of benzene rings is 1. The monoisotopic (exact) mass is 286 g/mol. The Morgan fingerprint density at radius 3 is 2.95 bits per heavy atom. The van der Waals surface area contributed by atoms with Gasteiger partial charge in [0, 0.05) is 5.39 Å². The van der Waals surface area contributed by atoms with Gasteiger partial charge >= 0.3 is 0 Å². The van der Waals surface area contributed by atoms with Gasteiger partial charge in [0.05, 0.1) is 0 Å². The average Bonchev–Trinajstić information content (AvgIpc) is 3.18. The maximum Gasteiger partial charge on any atom is 0.170 e. The van der Waals surface area contributed by atoms with Crippen molar-refractivity contribution in [2.45, 2.75) is 37.7 Å². The van der Waals surface area contributed by atoms with Crippen molar-refractivity contribution in [3.05, 3.63) is 35.8 Å². The highest BCUT2D eigenvalue weighted by Crippen LogP contribution is 2.65. The summed E-state index contributed by atoms with van der Waals surface area (Å²) in [5.41, 5.74) is -0.589. The molecule has 0 radical (unpaired) electrons. The highest BCUT2D eigenvalue weighted by molar-refractivity contribution is 5.78. The van der Waals surface area contributed by atoms with E-state index in [2.05, 4.69) is 0 Å². The molecular weight excluding hydrogens is 267 g/mol. The smallest absolute Gasteiger partial charge is 0.170 e. The Kier molecular flexibility index (Phi) is 2.26. The van der Waals surface area contributed by atoms with E-state index in [4.69, 9.17) is 4.42 Å². The van der Waals surface area contributed by atoms with Crippen LogP contribution in [-0.4, -0.2) is 5.11 Å². The van der Waals surface area contributed by atoms with Gasteiger partial charge in [-0.15, -0.1) is 0 Å². The van der Waals surface area contributed by atoms with E-state index in [0.717, 1.165) is 24.1 Å². The lowest BCUT2D eigenvalue weighted by molar-refractivity contribution is -0.0660. The number of rotatable bonds is 1. The molecule has 2 nitrogen and oxygen atoms in total. The van der Waals surface area contributed by atoms with Crippen molar-refractivity contribution in [3.63, 3.8) is 0 Å². The van der Waals surface area contributed by atoms with E-state index in [0.29, 0.717) is 23.5 Å². The second-order valence-corrected chi connectivity index (χ2v) is 7.26. The molecule has 3 aliphatic carbocycles. The van der Waals surface area contributed by atoms with Crippen LogP contribution in [0.3, 0.4) is 0 Å². The van der Waals surface area contributed by atoms with Gasteiger partial charge in [0.15, 0.2) is 11.4 Å². The van der Waals surface area contributed by atoms with Crippen molar-refractivity contribution in [1.29, 1.82) is 0 Å². The number of hydrogen-bond acceptors (Lipinski definition) is 2. The number of furan rings is 1. The zero-order valence-electron chi connectivity index (χ0n) is 11.9. The van der Waals surface area contributed by atoms with Crippen LogP contribution in [0.1, 0.15) is 37.9 Å². The third-order valence-electron chi connectivity index (χ3n) is 6.41. The minimum absolute atomic E-state index is 0.284. The van der Waals surface area contributed by atoms with Crippen LogP contribution in [0.4, 0.5) is 4.39 Å². The van der Waals surface area contributed by atoms with Crippen LogP contribution >= 0.6 is 0 Å². The molecule has 1 aromatic heterocycles. The van der Waals surface area contributed by atoms with E-state index in [1.165, 1.54) is 25.3 Å². The van der Waals surface area contributed by atoms with E-state index in [9.17, 15) is 9.50 Å². The Morgan fingerprint density at radius 1 is 1.24 bits per heavy atom. The number of fused-ring (bicyclic) bond motifs is 6. The van der Waals surface area contributed by atoms with E-state index < -0.39 is 5.60 Å². The molecule has 0 amide bonds. The van der Waals surface area contributed by atoms with Gasteiger partial charge in [-0.2, -0.15) is 0 Å². The first-order chi connectivity index (χ1) is 10.2. The van der Waals surface area contributed by atoms with Gasteiger partial charge < -0.3 is 9.52 Å². The lowest BCUT2D eigenvalue weighted by Gasteiger charge is -2.37. The van der Waals surface area contributed by atoms with Gasteiger partial charge in [-0.1, -0.05) is 18.6 Å². The van der Waals surface area contributed by atoms with E-state index >= 15 is 0 Å². The Labute approximate surface area is 122 Å². The van der Waals surface area contributed by atoms with Gasteiger partial charge in [0.1, 0.15) is 11.4 Å². The molecular formula is C18H19FO2. The molecule has 2 bridgehead atoms. The predicted octanol–water partition coefficient (Wildman–Crippen LogP) is 4.22. The molecule has 1 heterocycles. The molecule has 3 fully saturated rings. The molecule has 1 aromatic carbocycles. The summed E-state index contributed by atoms with van der Waals surface area (Å²) in [6.45, 7) is 0. The summed E-state index contributed by atoms with van der Waals surface area (Å²) < 4.78 is 19.6. The van der Waals surface area contributed by atoms with Crippen LogP contribution < -0.4 is 0 Å². The molecule has 3 saturated carbocycles. The highest BCUT2D eigenvalue weighted by Gasteiger charge is 2.62. The fourth-order valence-corrected chi connectivity index (χ4v) is 5.64. The van der Waals surface area contributed by atoms with E-state index in [1.807, 2.05) is 12.1 Å². The van der Waals surface area contributed by atoms with Gasteiger partial charge in [0.2, 0.25) is 0 Å². The largest absolute Gasteiger partial charge is 0.455 e. The average molecular weight is 286 g/mol. The fourth-order valence-electron chi connectivity index (χ4n) is 5.64. The number of aliphatic hydroxyl groups is 1. The first kappa shape index (κ1) is 12.2. The highest BCUT2D eigenvalue weighted by atomic mass is 19.1. The van der Waals surface area contributed by atoms with Crippen molar-refractivity contribution in [1.82, 2.24) is 0 Å². The van der Waals surface area contributed by atoms with Gasteiger partial charge in [-0.05, 0) is 61.5 Å². The van der Waals surface area contributed by atoms with Gasteiger partial charge in [-0.3, -0.25) is 0 Å². The van der Waals surface area contributed by atoms with Crippen LogP contribution in [0.15, 0.2) is 28.7 Å². The molecule has 0 aliphatic heterocycles. The lowest BCUT2D eigenvalue weighted by Crippen LogP contribution is -2.38. The third kappa shape index (κ3) is 1.45. The normalized spacial score (nSPS) is 41.0. The molecule has 5 atom stereocenters. The van der Waals surface area contributed by atoms with Crippen LogP contribution in [0.2, 0.25) is 0 Å². The van der Waals surface area contributed by atoms with Crippen molar-refractivity contribution in [3.8, 4) is 0 Å². The minimum atomic E-state index is -0.873. The maximum absolute atomic E-state index is 13.8. The Balaban J connectivity index is 1.61. The summed E-state index contributed by atoms with van der Waals surface area (Å²) in [4.78, 5) is 0. The quantitative estimate of drug-likeness (QED) is 0.851. The second-order valence-electron chi connectivity index (χ2n) is 7.26. The fraction of sp³-hybridized carbons (Fsp3) is 0.556. The summed E-state index contributed by atoms with van der Waals surface area (Å²) in [7, 11) is 0. The number of hydrogen-bond donors (Lipinski definition) is 1. The Bertz CT molecular complexity index is 721. The minimum Gasteiger partial charge on any atom is -0.455 e. The molecule has 3 heteroatoms. The standard InChI is InChI=1S/C18H19FO2/c19-15-6-1-3-10-8-16(21-17(10)15)18(20)9-11-7-14(18)13-5-2-4-12(11)13/h1,3,6,8,11-14,20H,2,4-5,7,9H2. The molecule has 21 heavy (non-hydrogen) atoms. The Hall–Kier alpha value is -1.35. The molecule has 5 rings (SSSR count). The van der Waals surface area contributed by atoms with E-state index in [1.54, 1.807) is 6.07 Å². The van der Waals surface area contributed by atoms with Crippen molar-refractivity contribution in [2.75, 3.05) is 0 Å². The van der Waals surface area contributed by atoms with Crippen LogP contribution in [-0.2, 0) is 5.60 Å². The summed E-state index contributed by atoms with van der Waals surface area (Å²) in [5, 5.41) is 12.0. The Morgan fingerprint density at radius 2 is 2.10 bits per heavy atom. The zero-order valence-corrected chi connectivity index (χ0v) is 11.9. The molecule has 2 aromatic rings. The number of halogens is 1. The zero-order chi connectivity index (χ0) is 14.2. The second kappa shape index (κ2) is 3.89. The van der Waals surface area contributed by atoms with Gasteiger partial charge in [0.25, 0.3) is 0 Å². The van der Waals surface area contributed by atoms with Crippen molar-refractivity contribution < 1.29 is 13.9 Å². The van der Waals surface area contributed by atoms with Crippen LogP contribution in [0.5, 0.6) is 0 Å². The molecule has 0 saturated heterocycles. The topological polar surface area (TPSA) is 33.4 Å².